The Bertz CT molecular complexity index is 909. The smallest absolute Gasteiger partial charge is 0.134 e. The maximum atomic E-state index is 12.9. The maximum absolute atomic E-state index is 12.9. The first-order chi connectivity index (χ1) is 13.1. The largest absolute Gasteiger partial charge is 0.494 e. The molecule has 27 heavy (non-hydrogen) atoms. The van der Waals surface area contributed by atoms with Crippen LogP contribution in [0.4, 0.5) is 10.1 Å². The highest BCUT2D eigenvalue weighted by Gasteiger charge is 2.03. The lowest BCUT2D eigenvalue weighted by molar-refractivity contribution is 0.304. The van der Waals surface area contributed by atoms with Gasteiger partial charge in [0.15, 0.2) is 0 Å². The van der Waals surface area contributed by atoms with E-state index in [0.29, 0.717) is 13.2 Å². The lowest BCUT2D eigenvalue weighted by Gasteiger charge is -2.09. The van der Waals surface area contributed by atoms with E-state index in [1.54, 1.807) is 18.3 Å². The topological polar surface area (TPSA) is 30.8 Å². The molecule has 0 aromatic heterocycles. The van der Waals surface area contributed by atoms with E-state index in [9.17, 15) is 4.39 Å². The van der Waals surface area contributed by atoms with Crippen LogP contribution in [0, 0.1) is 5.82 Å². The molecule has 0 amide bonds. The van der Waals surface area contributed by atoms with E-state index in [1.165, 1.54) is 12.1 Å². The van der Waals surface area contributed by atoms with Crippen molar-refractivity contribution in [1.82, 2.24) is 0 Å². The van der Waals surface area contributed by atoms with E-state index in [2.05, 4.69) is 20.9 Å². The predicted molar refractivity (Wildman–Crippen MR) is 110 cm³/mol. The third-order valence-corrected chi connectivity index (χ3v) is 4.39. The summed E-state index contributed by atoms with van der Waals surface area (Å²) in [7, 11) is 0. The Morgan fingerprint density at radius 3 is 2.37 bits per heavy atom. The van der Waals surface area contributed by atoms with Crippen molar-refractivity contribution in [3.8, 4) is 11.5 Å². The summed E-state index contributed by atoms with van der Waals surface area (Å²) < 4.78 is 25.0. The highest BCUT2D eigenvalue weighted by molar-refractivity contribution is 9.10. The highest BCUT2D eigenvalue weighted by Crippen LogP contribution is 2.27. The standard InChI is InChI=1S/C22H19BrFNO2/c1-2-26-20-10-8-19(9-11-20)25-14-17-5-12-22(21(23)13-17)27-15-16-3-6-18(24)7-4-16/h3-14H,2,15H2,1H3. The van der Waals surface area contributed by atoms with Crippen LogP contribution in [-0.2, 0) is 6.61 Å². The highest BCUT2D eigenvalue weighted by atomic mass is 79.9. The molecule has 0 bridgehead atoms. The molecule has 3 nitrogen and oxygen atoms in total. The van der Waals surface area contributed by atoms with Gasteiger partial charge in [0, 0.05) is 6.21 Å². The first kappa shape index (κ1) is 19.1. The molecule has 0 radical (unpaired) electrons. The van der Waals surface area contributed by atoms with Gasteiger partial charge in [0.05, 0.1) is 16.8 Å². The van der Waals surface area contributed by atoms with E-state index in [4.69, 9.17) is 9.47 Å². The molecular weight excluding hydrogens is 409 g/mol. The Hall–Kier alpha value is -2.66. The number of hydrogen-bond acceptors (Lipinski definition) is 3. The van der Waals surface area contributed by atoms with Gasteiger partial charge in [-0.3, -0.25) is 4.99 Å². The van der Waals surface area contributed by atoms with E-state index in [-0.39, 0.29) is 5.82 Å². The fourth-order valence-electron chi connectivity index (χ4n) is 2.40. The third-order valence-electron chi connectivity index (χ3n) is 3.77. The van der Waals surface area contributed by atoms with Crippen LogP contribution in [0.15, 0.2) is 76.2 Å². The van der Waals surface area contributed by atoms with E-state index < -0.39 is 0 Å². The normalized spacial score (nSPS) is 10.9. The third kappa shape index (κ3) is 5.66. The first-order valence-corrected chi connectivity index (χ1v) is 9.37. The summed E-state index contributed by atoms with van der Waals surface area (Å²) in [4.78, 5) is 4.47. The van der Waals surface area contributed by atoms with Crippen molar-refractivity contribution >= 4 is 27.8 Å². The molecule has 5 heteroatoms. The van der Waals surface area contributed by atoms with Crippen molar-refractivity contribution in [2.45, 2.75) is 13.5 Å². The Balaban J connectivity index is 1.62. The number of nitrogens with zero attached hydrogens (tertiary/aromatic N) is 1. The van der Waals surface area contributed by atoms with Gasteiger partial charge in [-0.2, -0.15) is 0 Å². The quantitative estimate of drug-likeness (QED) is 0.413. The maximum Gasteiger partial charge on any atom is 0.134 e. The van der Waals surface area contributed by atoms with Gasteiger partial charge in [-0.25, -0.2) is 4.39 Å². The summed E-state index contributed by atoms with van der Waals surface area (Å²) in [6, 6.07) is 19.7. The molecule has 0 atom stereocenters. The average Bonchev–Trinajstić information content (AvgIpc) is 2.68. The Kier molecular flexibility index (Phi) is 6.60. The Morgan fingerprint density at radius 2 is 1.70 bits per heavy atom. The zero-order chi connectivity index (χ0) is 19.1. The number of ether oxygens (including phenoxy) is 2. The number of aliphatic imine (C=N–C) groups is 1. The van der Waals surface area contributed by atoms with Gasteiger partial charge in [-0.05, 0) is 88.6 Å². The second-order valence-electron chi connectivity index (χ2n) is 5.79. The van der Waals surface area contributed by atoms with Crippen LogP contribution in [0.2, 0.25) is 0 Å². The second-order valence-corrected chi connectivity index (χ2v) is 6.64. The summed E-state index contributed by atoms with van der Waals surface area (Å²) in [5.41, 5.74) is 2.71. The molecule has 0 spiro atoms. The van der Waals surface area contributed by atoms with Crippen LogP contribution in [-0.4, -0.2) is 12.8 Å². The van der Waals surface area contributed by atoms with Crippen LogP contribution in [0.25, 0.3) is 0 Å². The fraction of sp³-hybridized carbons (Fsp3) is 0.136. The lowest BCUT2D eigenvalue weighted by Crippen LogP contribution is -1.96. The number of rotatable bonds is 7. The molecule has 0 heterocycles. The van der Waals surface area contributed by atoms with Crippen LogP contribution < -0.4 is 9.47 Å². The van der Waals surface area contributed by atoms with Crippen LogP contribution >= 0.6 is 15.9 Å². The predicted octanol–water partition coefficient (Wildman–Crippen LogP) is 6.32. The number of halogens is 2. The van der Waals surface area contributed by atoms with Crippen LogP contribution in [0.1, 0.15) is 18.1 Å². The molecule has 3 aromatic rings. The molecule has 3 rings (SSSR count). The zero-order valence-corrected chi connectivity index (χ0v) is 16.4. The molecule has 0 aliphatic heterocycles. The van der Waals surface area contributed by atoms with Gasteiger partial charge in [0.2, 0.25) is 0 Å². The molecular formula is C22H19BrFNO2. The number of hydrogen-bond donors (Lipinski definition) is 0. The average molecular weight is 428 g/mol. The van der Waals surface area contributed by atoms with E-state index in [0.717, 1.165) is 32.8 Å². The van der Waals surface area contributed by atoms with Crippen molar-refractivity contribution in [1.29, 1.82) is 0 Å². The second kappa shape index (κ2) is 9.33. The molecule has 3 aromatic carbocycles. The fourth-order valence-corrected chi connectivity index (χ4v) is 2.91. The zero-order valence-electron chi connectivity index (χ0n) is 14.9. The molecule has 0 saturated heterocycles. The van der Waals surface area contributed by atoms with Gasteiger partial charge in [-0.1, -0.05) is 12.1 Å². The van der Waals surface area contributed by atoms with Crippen molar-refractivity contribution in [2.75, 3.05) is 6.61 Å². The van der Waals surface area contributed by atoms with Crippen LogP contribution in [0.3, 0.4) is 0 Å². The molecule has 0 aliphatic carbocycles. The minimum absolute atomic E-state index is 0.254. The monoisotopic (exact) mass is 427 g/mol. The van der Waals surface area contributed by atoms with Gasteiger partial charge in [-0.15, -0.1) is 0 Å². The summed E-state index contributed by atoms with van der Waals surface area (Å²) >= 11 is 3.52. The van der Waals surface area contributed by atoms with Gasteiger partial charge < -0.3 is 9.47 Å². The lowest BCUT2D eigenvalue weighted by atomic mass is 10.2. The van der Waals surface area contributed by atoms with Gasteiger partial charge >= 0.3 is 0 Å². The number of benzene rings is 3. The Morgan fingerprint density at radius 1 is 0.963 bits per heavy atom. The van der Waals surface area contributed by atoms with Crippen LogP contribution in [0.5, 0.6) is 11.5 Å². The van der Waals surface area contributed by atoms with Crippen molar-refractivity contribution in [3.05, 3.63) is 88.1 Å². The molecule has 0 fully saturated rings. The Labute approximate surface area is 166 Å². The first-order valence-electron chi connectivity index (χ1n) is 8.58. The van der Waals surface area contributed by atoms with Crippen molar-refractivity contribution in [3.63, 3.8) is 0 Å². The summed E-state index contributed by atoms with van der Waals surface area (Å²) in [5, 5.41) is 0. The summed E-state index contributed by atoms with van der Waals surface area (Å²) in [5.74, 6) is 1.30. The van der Waals surface area contributed by atoms with Crippen molar-refractivity contribution in [2.24, 2.45) is 4.99 Å². The molecule has 0 unspecified atom stereocenters. The molecule has 0 saturated carbocycles. The molecule has 0 aliphatic rings. The molecule has 0 N–H and O–H groups in total. The van der Waals surface area contributed by atoms with Gasteiger partial charge in [0.25, 0.3) is 0 Å². The van der Waals surface area contributed by atoms with E-state index >= 15 is 0 Å². The minimum Gasteiger partial charge on any atom is -0.494 e. The summed E-state index contributed by atoms with van der Waals surface area (Å²) in [6.45, 7) is 2.97. The molecule has 138 valence electrons. The minimum atomic E-state index is -0.254. The van der Waals surface area contributed by atoms with Gasteiger partial charge in [0.1, 0.15) is 23.9 Å². The summed E-state index contributed by atoms with van der Waals surface area (Å²) in [6.07, 6.45) is 1.80. The van der Waals surface area contributed by atoms with Crippen molar-refractivity contribution < 1.29 is 13.9 Å². The van der Waals surface area contributed by atoms with E-state index in [1.807, 2.05) is 49.4 Å². The SMILES string of the molecule is CCOc1ccc(N=Cc2ccc(OCc3ccc(F)cc3)c(Br)c2)cc1.